The second-order valence-electron chi connectivity index (χ2n) is 4.81. The lowest BCUT2D eigenvalue weighted by Crippen LogP contribution is -2.25. The minimum atomic E-state index is -0.946. The van der Waals surface area contributed by atoms with Crippen LogP contribution in [-0.4, -0.2) is 23.5 Å². The van der Waals surface area contributed by atoms with Crippen molar-refractivity contribution in [2.24, 2.45) is 0 Å². The van der Waals surface area contributed by atoms with Crippen LogP contribution in [-0.2, 0) is 17.6 Å². The van der Waals surface area contributed by atoms with Gasteiger partial charge in [-0.25, -0.2) is 4.79 Å². The van der Waals surface area contributed by atoms with Crippen molar-refractivity contribution in [3.8, 4) is 0 Å². The molecule has 22 heavy (non-hydrogen) atoms. The Labute approximate surface area is 137 Å². The van der Waals surface area contributed by atoms with Crippen molar-refractivity contribution in [2.45, 2.75) is 19.3 Å². The molecule has 0 aliphatic carbocycles. The van der Waals surface area contributed by atoms with Crippen LogP contribution in [0.3, 0.4) is 0 Å². The molecule has 0 aliphatic rings. The Morgan fingerprint density at radius 1 is 1.09 bits per heavy atom. The van der Waals surface area contributed by atoms with E-state index in [0.29, 0.717) is 19.4 Å². The van der Waals surface area contributed by atoms with Crippen molar-refractivity contribution < 1.29 is 14.7 Å². The van der Waals surface area contributed by atoms with Crippen LogP contribution >= 0.6 is 22.9 Å². The van der Waals surface area contributed by atoms with E-state index < -0.39 is 5.97 Å². The smallest absolute Gasteiger partial charge is 0.335 e. The van der Waals surface area contributed by atoms with Crippen molar-refractivity contribution in [1.29, 1.82) is 0 Å². The van der Waals surface area contributed by atoms with Gasteiger partial charge in [-0.3, -0.25) is 4.79 Å². The molecule has 0 saturated heterocycles. The summed E-state index contributed by atoms with van der Waals surface area (Å²) in [7, 11) is 0. The molecule has 1 aromatic carbocycles. The van der Waals surface area contributed by atoms with Gasteiger partial charge in [-0.1, -0.05) is 23.7 Å². The fourth-order valence-electron chi connectivity index (χ4n) is 1.97. The van der Waals surface area contributed by atoms with Gasteiger partial charge in [0.1, 0.15) is 0 Å². The predicted molar refractivity (Wildman–Crippen MR) is 87.8 cm³/mol. The van der Waals surface area contributed by atoms with Gasteiger partial charge in [0, 0.05) is 17.8 Å². The summed E-state index contributed by atoms with van der Waals surface area (Å²) in [6.07, 6.45) is 1.75. The molecule has 1 aromatic heterocycles. The van der Waals surface area contributed by atoms with Crippen LogP contribution < -0.4 is 5.32 Å². The minimum absolute atomic E-state index is 0.00929. The highest BCUT2D eigenvalue weighted by Gasteiger charge is 2.05. The van der Waals surface area contributed by atoms with Crippen LogP contribution in [0.5, 0.6) is 0 Å². The first-order chi connectivity index (χ1) is 10.5. The second kappa shape index (κ2) is 7.96. The summed E-state index contributed by atoms with van der Waals surface area (Å²) in [6.45, 7) is 0.591. The largest absolute Gasteiger partial charge is 0.478 e. The molecule has 6 heteroatoms. The number of carbonyl (C=O) groups excluding carboxylic acids is 1. The molecule has 0 saturated carbocycles. The number of carboxylic acid groups (broad SMARTS) is 1. The molecule has 0 bridgehead atoms. The highest BCUT2D eigenvalue weighted by Crippen LogP contribution is 2.21. The number of hydrogen-bond acceptors (Lipinski definition) is 3. The molecule has 0 spiro atoms. The summed E-state index contributed by atoms with van der Waals surface area (Å²) in [6, 6.07) is 10.4. The van der Waals surface area contributed by atoms with Crippen LogP contribution in [0.15, 0.2) is 36.4 Å². The molecule has 116 valence electrons. The SMILES string of the molecule is O=C(CCc1ccc(C(=O)O)cc1)NCCc1ccc(Cl)s1. The molecule has 0 unspecified atom stereocenters. The quantitative estimate of drug-likeness (QED) is 0.813. The standard InChI is InChI=1S/C16H16ClNO3S/c17-14-7-6-13(22-14)9-10-18-15(19)8-3-11-1-4-12(5-2-11)16(20)21/h1-2,4-7H,3,8-10H2,(H,18,19)(H,20,21). The number of aryl methyl sites for hydroxylation is 1. The lowest BCUT2D eigenvalue weighted by Gasteiger charge is -2.05. The highest BCUT2D eigenvalue weighted by atomic mass is 35.5. The number of carboxylic acids is 1. The van der Waals surface area contributed by atoms with Gasteiger partial charge in [-0.2, -0.15) is 0 Å². The highest BCUT2D eigenvalue weighted by molar-refractivity contribution is 7.16. The lowest BCUT2D eigenvalue weighted by molar-refractivity contribution is -0.121. The molecule has 0 atom stereocenters. The van der Waals surface area contributed by atoms with E-state index in [-0.39, 0.29) is 11.5 Å². The number of thiophene rings is 1. The predicted octanol–water partition coefficient (Wildman–Crippen LogP) is 3.39. The van der Waals surface area contributed by atoms with E-state index in [4.69, 9.17) is 16.7 Å². The van der Waals surface area contributed by atoms with Gasteiger partial charge in [0.25, 0.3) is 0 Å². The first-order valence-corrected chi connectivity index (χ1v) is 8.07. The van der Waals surface area contributed by atoms with Gasteiger partial charge in [0.2, 0.25) is 5.91 Å². The van der Waals surface area contributed by atoms with E-state index in [2.05, 4.69) is 5.32 Å². The maximum absolute atomic E-state index is 11.8. The van der Waals surface area contributed by atoms with Crippen LogP contribution in [0, 0.1) is 0 Å². The van der Waals surface area contributed by atoms with Crippen molar-refractivity contribution in [2.75, 3.05) is 6.54 Å². The van der Waals surface area contributed by atoms with Crippen LogP contribution in [0.1, 0.15) is 27.2 Å². The van der Waals surface area contributed by atoms with E-state index in [0.717, 1.165) is 21.2 Å². The number of amides is 1. The fraction of sp³-hybridized carbons (Fsp3) is 0.250. The number of rotatable bonds is 7. The maximum Gasteiger partial charge on any atom is 0.335 e. The molecule has 0 fully saturated rings. The summed E-state index contributed by atoms with van der Waals surface area (Å²) in [4.78, 5) is 23.7. The summed E-state index contributed by atoms with van der Waals surface area (Å²) >= 11 is 7.36. The molecule has 2 N–H and O–H groups in total. The number of hydrogen-bond donors (Lipinski definition) is 2. The molecule has 4 nitrogen and oxygen atoms in total. The number of aromatic carboxylic acids is 1. The van der Waals surface area contributed by atoms with Crippen molar-refractivity contribution in [1.82, 2.24) is 5.32 Å². The van der Waals surface area contributed by atoms with Gasteiger partial charge in [-0.05, 0) is 42.7 Å². The van der Waals surface area contributed by atoms with E-state index in [1.807, 2.05) is 12.1 Å². The van der Waals surface area contributed by atoms with Gasteiger partial charge in [-0.15, -0.1) is 11.3 Å². The Bertz CT molecular complexity index is 652. The third-order valence-corrected chi connectivity index (χ3v) is 4.45. The first-order valence-electron chi connectivity index (χ1n) is 6.88. The second-order valence-corrected chi connectivity index (χ2v) is 6.61. The molecule has 1 amide bonds. The van der Waals surface area contributed by atoms with Crippen molar-refractivity contribution >= 4 is 34.8 Å². The minimum Gasteiger partial charge on any atom is -0.478 e. The monoisotopic (exact) mass is 337 g/mol. The average molecular weight is 338 g/mol. The van der Waals surface area contributed by atoms with Gasteiger partial charge >= 0.3 is 5.97 Å². The van der Waals surface area contributed by atoms with Crippen LogP contribution in [0.2, 0.25) is 4.34 Å². The molecule has 0 radical (unpaired) electrons. The van der Waals surface area contributed by atoms with Crippen molar-refractivity contribution in [3.05, 3.63) is 56.7 Å². The van der Waals surface area contributed by atoms with E-state index in [1.54, 1.807) is 24.3 Å². The summed E-state index contributed by atoms with van der Waals surface area (Å²) in [5.74, 6) is -0.956. The number of nitrogens with one attached hydrogen (secondary N) is 1. The Kier molecular flexibility index (Phi) is 5.98. The summed E-state index contributed by atoms with van der Waals surface area (Å²) < 4.78 is 0.756. The fourth-order valence-corrected chi connectivity index (χ4v) is 3.06. The van der Waals surface area contributed by atoms with Crippen LogP contribution in [0.25, 0.3) is 0 Å². The molecule has 1 heterocycles. The summed E-state index contributed by atoms with van der Waals surface area (Å²) in [5, 5.41) is 11.7. The Morgan fingerprint density at radius 3 is 2.41 bits per heavy atom. The lowest BCUT2D eigenvalue weighted by atomic mass is 10.1. The molecular weight excluding hydrogens is 322 g/mol. The molecular formula is C16H16ClNO3S. The molecule has 2 aromatic rings. The normalized spacial score (nSPS) is 10.4. The topological polar surface area (TPSA) is 66.4 Å². The van der Waals surface area contributed by atoms with E-state index >= 15 is 0 Å². The number of carbonyl (C=O) groups is 2. The van der Waals surface area contributed by atoms with Crippen molar-refractivity contribution in [3.63, 3.8) is 0 Å². The Morgan fingerprint density at radius 2 is 1.82 bits per heavy atom. The first kappa shape index (κ1) is 16.5. The maximum atomic E-state index is 11.8. The van der Waals surface area contributed by atoms with E-state index in [1.165, 1.54) is 11.3 Å². The van der Waals surface area contributed by atoms with Crippen LogP contribution in [0.4, 0.5) is 0 Å². The van der Waals surface area contributed by atoms with E-state index in [9.17, 15) is 9.59 Å². The molecule has 2 rings (SSSR count). The Balaban J connectivity index is 1.69. The van der Waals surface area contributed by atoms with Gasteiger partial charge < -0.3 is 10.4 Å². The third kappa shape index (κ3) is 5.16. The summed E-state index contributed by atoms with van der Waals surface area (Å²) in [5.41, 5.74) is 1.20. The van der Waals surface area contributed by atoms with Gasteiger partial charge in [0.05, 0.1) is 9.90 Å². The zero-order valence-electron chi connectivity index (χ0n) is 11.8. The number of benzene rings is 1. The Hall–Kier alpha value is -1.85. The van der Waals surface area contributed by atoms with Gasteiger partial charge in [0.15, 0.2) is 0 Å². The average Bonchev–Trinajstić information content (AvgIpc) is 2.91. The molecule has 0 aliphatic heterocycles. The zero-order chi connectivity index (χ0) is 15.9. The third-order valence-electron chi connectivity index (χ3n) is 3.16. The zero-order valence-corrected chi connectivity index (χ0v) is 13.4. The number of halogens is 1.